The second kappa shape index (κ2) is 7.43. The van der Waals surface area contributed by atoms with Gasteiger partial charge in [-0.1, -0.05) is 6.92 Å². The Hall–Kier alpha value is -2.09. The van der Waals surface area contributed by atoms with E-state index in [-0.39, 0.29) is 16.7 Å². The van der Waals surface area contributed by atoms with Crippen molar-refractivity contribution in [3.05, 3.63) is 24.3 Å². The molecular weight excluding hydrogens is 346 g/mol. The lowest BCUT2D eigenvalue weighted by Crippen LogP contribution is -2.48. The number of sulfone groups is 1. The molecule has 0 saturated heterocycles. The number of rotatable bonds is 8. The van der Waals surface area contributed by atoms with Gasteiger partial charge in [-0.2, -0.15) is 0 Å². The van der Waals surface area contributed by atoms with Gasteiger partial charge >= 0.3 is 5.97 Å². The van der Waals surface area contributed by atoms with Crippen LogP contribution in [0.2, 0.25) is 0 Å². The molecule has 0 spiro atoms. The number of carboxylic acids is 1. The Labute approximate surface area is 147 Å². The van der Waals surface area contributed by atoms with Crippen LogP contribution in [0.3, 0.4) is 0 Å². The summed E-state index contributed by atoms with van der Waals surface area (Å²) in [6.07, 6.45) is 1.50. The highest BCUT2D eigenvalue weighted by molar-refractivity contribution is 7.91. The van der Waals surface area contributed by atoms with Gasteiger partial charge in [-0.05, 0) is 44.0 Å². The molecule has 1 aliphatic carbocycles. The van der Waals surface area contributed by atoms with E-state index in [1.54, 1.807) is 12.1 Å². The molecule has 0 aromatic heterocycles. The minimum absolute atomic E-state index is 0.107. The van der Waals surface area contributed by atoms with Crippen LogP contribution in [-0.4, -0.2) is 55.2 Å². The van der Waals surface area contributed by atoms with Gasteiger partial charge in [0, 0.05) is 12.0 Å². The molecule has 1 aromatic rings. The molecule has 2 atom stereocenters. The summed E-state index contributed by atoms with van der Waals surface area (Å²) >= 11 is 0. The molecule has 8 heteroatoms. The van der Waals surface area contributed by atoms with E-state index in [9.17, 15) is 23.1 Å². The molecule has 1 N–H and O–H groups in total. The number of benzene rings is 1. The predicted molar refractivity (Wildman–Crippen MR) is 91.2 cm³/mol. The molecule has 2 rings (SSSR count). The average molecular weight is 369 g/mol. The lowest BCUT2D eigenvalue weighted by Gasteiger charge is -2.29. The van der Waals surface area contributed by atoms with Crippen LogP contribution in [0.25, 0.3) is 0 Å². The summed E-state index contributed by atoms with van der Waals surface area (Å²) < 4.78 is 30.1. The first-order chi connectivity index (χ1) is 11.7. The van der Waals surface area contributed by atoms with Gasteiger partial charge in [-0.3, -0.25) is 4.79 Å². The first-order valence-electron chi connectivity index (χ1n) is 8.09. The molecular formula is C17H23NO6S. The van der Waals surface area contributed by atoms with E-state index in [4.69, 9.17) is 4.74 Å². The third kappa shape index (κ3) is 4.50. The van der Waals surface area contributed by atoms with Gasteiger partial charge < -0.3 is 14.7 Å². The molecule has 2 unspecified atom stereocenters. The van der Waals surface area contributed by atoms with Crippen LogP contribution in [0.5, 0.6) is 5.75 Å². The van der Waals surface area contributed by atoms with E-state index in [0.29, 0.717) is 5.75 Å². The summed E-state index contributed by atoms with van der Waals surface area (Å²) in [6.45, 7) is 2.97. The monoisotopic (exact) mass is 369 g/mol. The number of hydrogen-bond acceptors (Lipinski definition) is 5. The zero-order valence-electron chi connectivity index (χ0n) is 14.5. The van der Waals surface area contributed by atoms with Crippen LogP contribution in [-0.2, 0) is 19.4 Å². The minimum atomic E-state index is -3.66. The van der Waals surface area contributed by atoms with E-state index >= 15 is 0 Å². The van der Waals surface area contributed by atoms with Crippen LogP contribution >= 0.6 is 0 Å². The number of carboxylic acid groups (broad SMARTS) is 1. The van der Waals surface area contributed by atoms with E-state index in [1.165, 1.54) is 38.0 Å². The number of nitrogens with zero attached hydrogens (tertiary/aromatic N) is 1. The molecule has 0 radical (unpaired) electrons. The summed E-state index contributed by atoms with van der Waals surface area (Å²) in [4.78, 5) is 25.3. The molecule has 25 heavy (non-hydrogen) atoms. The van der Waals surface area contributed by atoms with Gasteiger partial charge in [0.2, 0.25) is 5.91 Å². The lowest BCUT2D eigenvalue weighted by molar-refractivity contribution is -0.151. The van der Waals surface area contributed by atoms with Gasteiger partial charge in [-0.15, -0.1) is 0 Å². The number of carbonyl (C=O) groups excluding carboxylic acids is 1. The van der Waals surface area contributed by atoms with Crippen LogP contribution in [0.4, 0.5) is 0 Å². The van der Waals surface area contributed by atoms with Crippen molar-refractivity contribution in [1.82, 2.24) is 4.90 Å². The van der Waals surface area contributed by atoms with E-state index < -0.39 is 33.7 Å². The third-order valence-electron chi connectivity index (χ3n) is 4.28. The van der Waals surface area contributed by atoms with Crippen molar-refractivity contribution in [3.63, 3.8) is 0 Å². The summed E-state index contributed by atoms with van der Waals surface area (Å²) in [6, 6.07) is 4.88. The predicted octanol–water partition coefficient (Wildman–Crippen LogP) is 1.57. The topological polar surface area (TPSA) is 101 Å². The molecule has 1 fully saturated rings. The maximum atomic E-state index is 12.7. The van der Waals surface area contributed by atoms with Crippen LogP contribution in [0.1, 0.15) is 26.7 Å². The summed E-state index contributed by atoms with van der Waals surface area (Å²) in [5.41, 5.74) is 0. The van der Waals surface area contributed by atoms with Crippen molar-refractivity contribution >= 4 is 21.7 Å². The highest BCUT2D eigenvalue weighted by Gasteiger charge is 2.40. The van der Waals surface area contributed by atoms with Crippen molar-refractivity contribution < 1.29 is 27.9 Å². The number of carbonyl (C=O) groups is 2. The zero-order valence-corrected chi connectivity index (χ0v) is 15.3. The summed E-state index contributed by atoms with van der Waals surface area (Å²) in [5.74, 6) is -2.18. The fourth-order valence-corrected chi connectivity index (χ4v) is 4.24. The Morgan fingerprint density at radius 1 is 1.24 bits per heavy atom. The van der Waals surface area contributed by atoms with E-state index in [1.807, 2.05) is 0 Å². The van der Waals surface area contributed by atoms with E-state index in [2.05, 4.69) is 0 Å². The number of ether oxygens (including phenoxy) is 1. The lowest BCUT2D eigenvalue weighted by atomic mass is 10.1. The van der Waals surface area contributed by atoms with Gasteiger partial charge in [0.05, 0.1) is 17.8 Å². The number of amides is 1. The molecule has 138 valence electrons. The Morgan fingerprint density at radius 3 is 2.24 bits per heavy atom. The fourth-order valence-electron chi connectivity index (χ4n) is 2.69. The third-order valence-corrected chi connectivity index (χ3v) is 6.21. The Bertz CT molecular complexity index is 739. The minimum Gasteiger partial charge on any atom is -0.497 e. The molecule has 0 aliphatic heterocycles. The van der Waals surface area contributed by atoms with Crippen molar-refractivity contribution in [1.29, 1.82) is 0 Å². The molecule has 1 saturated carbocycles. The SMILES string of the molecule is COc1ccc(S(=O)(=O)CC(C)C(=O)N(C2CC2)C(C)C(=O)O)cc1. The smallest absolute Gasteiger partial charge is 0.326 e. The van der Waals surface area contributed by atoms with Gasteiger partial charge in [-0.25, -0.2) is 13.2 Å². The van der Waals surface area contributed by atoms with Crippen molar-refractivity contribution in [2.75, 3.05) is 12.9 Å². The largest absolute Gasteiger partial charge is 0.497 e. The first-order valence-corrected chi connectivity index (χ1v) is 9.74. The molecule has 1 aliphatic rings. The Morgan fingerprint density at radius 2 is 1.80 bits per heavy atom. The maximum absolute atomic E-state index is 12.7. The second-order valence-corrected chi connectivity index (χ2v) is 8.38. The number of methoxy groups -OCH3 is 1. The zero-order chi connectivity index (χ0) is 18.8. The average Bonchev–Trinajstić information content (AvgIpc) is 3.39. The first kappa shape index (κ1) is 19.2. The normalized spacial score (nSPS) is 16.8. The van der Waals surface area contributed by atoms with Gasteiger partial charge in [0.25, 0.3) is 0 Å². The fraction of sp³-hybridized carbons (Fsp3) is 0.529. The molecule has 1 aromatic carbocycles. The summed E-state index contributed by atoms with van der Waals surface area (Å²) in [7, 11) is -2.18. The van der Waals surface area contributed by atoms with Crippen molar-refractivity contribution in [2.24, 2.45) is 5.92 Å². The molecule has 0 bridgehead atoms. The van der Waals surface area contributed by atoms with Gasteiger partial charge in [0.15, 0.2) is 9.84 Å². The summed E-state index contributed by atoms with van der Waals surface area (Å²) in [5, 5.41) is 9.20. The van der Waals surface area contributed by atoms with Crippen LogP contribution < -0.4 is 4.74 Å². The number of hydrogen-bond donors (Lipinski definition) is 1. The number of aliphatic carboxylic acids is 1. The van der Waals surface area contributed by atoms with Crippen molar-refractivity contribution in [2.45, 2.75) is 43.7 Å². The van der Waals surface area contributed by atoms with Crippen LogP contribution in [0.15, 0.2) is 29.2 Å². The van der Waals surface area contributed by atoms with E-state index in [0.717, 1.165) is 12.8 Å². The highest BCUT2D eigenvalue weighted by Crippen LogP contribution is 2.30. The standard InChI is InChI=1S/C17H23NO6S/c1-11(16(19)18(13-4-5-13)12(2)17(20)21)10-25(22,23)15-8-6-14(24-3)7-9-15/h6-9,11-13H,4-5,10H2,1-3H3,(H,20,21). The Kier molecular flexibility index (Phi) is 5.72. The molecule has 1 amide bonds. The molecule has 7 nitrogen and oxygen atoms in total. The van der Waals surface area contributed by atoms with Crippen LogP contribution in [0, 0.1) is 5.92 Å². The van der Waals surface area contributed by atoms with Crippen molar-refractivity contribution in [3.8, 4) is 5.75 Å². The quantitative estimate of drug-likeness (QED) is 0.746. The van der Waals surface area contributed by atoms with Gasteiger partial charge in [0.1, 0.15) is 11.8 Å². The maximum Gasteiger partial charge on any atom is 0.326 e. The molecule has 0 heterocycles. The second-order valence-electron chi connectivity index (χ2n) is 6.35. The highest BCUT2D eigenvalue weighted by atomic mass is 32.2. The Balaban J connectivity index is 2.14.